The molecule has 0 atom stereocenters. The molecule has 1 heterocycles. The summed E-state index contributed by atoms with van der Waals surface area (Å²) in [5, 5.41) is 0. The van der Waals surface area contributed by atoms with Crippen LogP contribution in [-0.4, -0.2) is 13.7 Å². The van der Waals surface area contributed by atoms with Crippen LogP contribution in [0.3, 0.4) is 0 Å². The lowest BCUT2D eigenvalue weighted by Crippen LogP contribution is -2.21. The predicted molar refractivity (Wildman–Crippen MR) is 83.3 cm³/mol. The summed E-state index contributed by atoms with van der Waals surface area (Å²) >= 11 is 0. The molecule has 4 heteroatoms. The second-order valence-electron chi connectivity index (χ2n) is 4.81. The number of para-hydroxylation sites is 2. The SMILES string of the molecule is C(=C\B1Oc2ccccc2O1)/CCOCc1ccccc1. The van der Waals surface area contributed by atoms with Crippen LogP contribution in [0.1, 0.15) is 12.0 Å². The van der Waals surface area contributed by atoms with Gasteiger partial charge in [-0.05, 0) is 30.1 Å². The molecule has 3 nitrogen and oxygen atoms in total. The van der Waals surface area contributed by atoms with Crippen LogP contribution in [0, 0.1) is 0 Å². The minimum absolute atomic E-state index is 0.323. The molecule has 21 heavy (non-hydrogen) atoms. The van der Waals surface area contributed by atoms with Crippen LogP contribution in [-0.2, 0) is 11.3 Å². The van der Waals surface area contributed by atoms with E-state index in [1.54, 1.807) is 0 Å². The number of benzene rings is 2. The Morgan fingerprint density at radius 3 is 2.29 bits per heavy atom. The molecule has 2 aromatic rings. The van der Waals surface area contributed by atoms with E-state index in [9.17, 15) is 0 Å². The molecule has 0 fully saturated rings. The number of rotatable bonds is 6. The highest BCUT2D eigenvalue weighted by atomic mass is 16.6. The van der Waals surface area contributed by atoms with E-state index in [4.69, 9.17) is 14.0 Å². The number of ether oxygens (including phenoxy) is 1. The van der Waals surface area contributed by atoms with E-state index >= 15 is 0 Å². The van der Waals surface area contributed by atoms with Gasteiger partial charge in [0.1, 0.15) is 11.5 Å². The molecular formula is C17H17BO3. The van der Waals surface area contributed by atoms with E-state index in [0.29, 0.717) is 13.2 Å². The van der Waals surface area contributed by atoms with E-state index in [2.05, 4.69) is 12.1 Å². The van der Waals surface area contributed by atoms with Gasteiger partial charge in [-0.25, -0.2) is 0 Å². The highest BCUT2D eigenvalue weighted by molar-refractivity contribution is 6.53. The van der Waals surface area contributed by atoms with Gasteiger partial charge in [-0.3, -0.25) is 0 Å². The minimum atomic E-state index is -0.323. The molecule has 0 saturated carbocycles. The van der Waals surface area contributed by atoms with E-state index < -0.39 is 0 Å². The fourth-order valence-corrected chi connectivity index (χ4v) is 2.12. The topological polar surface area (TPSA) is 27.7 Å². The van der Waals surface area contributed by atoms with Gasteiger partial charge in [-0.1, -0.05) is 48.5 Å². The van der Waals surface area contributed by atoms with Crippen LogP contribution in [0.15, 0.2) is 66.6 Å². The molecule has 0 radical (unpaired) electrons. The van der Waals surface area contributed by atoms with Crippen LogP contribution < -0.4 is 9.31 Å². The first-order valence-corrected chi connectivity index (χ1v) is 7.12. The highest BCUT2D eigenvalue weighted by Crippen LogP contribution is 2.32. The number of hydrogen-bond donors (Lipinski definition) is 0. The summed E-state index contributed by atoms with van der Waals surface area (Å²) in [6.45, 7) is 1.33. The molecule has 106 valence electrons. The Labute approximate surface area is 125 Å². The summed E-state index contributed by atoms with van der Waals surface area (Å²) in [4.78, 5) is 0. The molecule has 0 saturated heterocycles. The zero-order valence-electron chi connectivity index (χ0n) is 11.8. The molecule has 0 amide bonds. The van der Waals surface area contributed by atoms with Crippen molar-refractivity contribution in [3.8, 4) is 11.5 Å². The van der Waals surface area contributed by atoms with Crippen molar-refractivity contribution in [1.29, 1.82) is 0 Å². The third-order valence-electron chi connectivity index (χ3n) is 3.17. The average molecular weight is 280 g/mol. The summed E-state index contributed by atoms with van der Waals surface area (Å²) in [6.07, 6.45) is 2.87. The Morgan fingerprint density at radius 1 is 0.905 bits per heavy atom. The predicted octanol–water partition coefficient (Wildman–Crippen LogP) is 3.65. The van der Waals surface area contributed by atoms with Crippen LogP contribution in [0.25, 0.3) is 0 Å². The molecule has 0 spiro atoms. The Hall–Kier alpha value is -2.20. The number of hydrogen-bond acceptors (Lipinski definition) is 3. The Kier molecular flexibility index (Phi) is 4.59. The molecule has 1 aliphatic rings. The standard InChI is InChI=1S/C17H17BO3/c1-2-8-15(9-3-1)14-19-13-7-6-12-18-20-16-10-4-5-11-17(16)21-18/h1-6,8-12H,7,13-14H2/b12-6+. The Bertz CT molecular complexity index is 573. The summed E-state index contributed by atoms with van der Waals surface area (Å²) in [7, 11) is -0.323. The lowest BCUT2D eigenvalue weighted by molar-refractivity contribution is 0.125. The van der Waals surface area contributed by atoms with Crippen molar-refractivity contribution in [2.75, 3.05) is 6.61 Å². The van der Waals surface area contributed by atoms with Crippen molar-refractivity contribution in [3.05, 3.63) is 72.2 Å². The smallest absolute Gasteiger partial charge is 0.520 e. The maximum atomic E-state index is 5.63. The fraction of sp³-hybridized carbons (Fsp3) is 0.176. The van der Waals surface area contributed by atoms with Gasteiger partial charge in [-0.15, -0.1) is 0 Å². The zero-order chi connectivity index (χ0) is 14.3. The van der Waals surface area contributed by atoms with Crippen molar-refractivity contribution in [1.82, 2.24) is 0 Å². The third-order valence-corrected chi connectivity index (χ3v) is 3.17. The van der Waals surface area contributed by atoms with Crippen LogP contribution in [0.2, 0.25) is 0 Å². The quantitative estimate of drug-likeness (QED) is 0.597. The maximum absolute atomic E-state index is 5.63. The van der Waals surface area contributed by atoms with Crippen molar-refractivity contribution >= 4 is 7.12 Å². The van der Waals surface area contributed by atoms with E-state index in [0.717, 1.165) is 17.9 Å². The first kappa shape index (κ1) is 13.8. The van der Waals surface area contributed by atoms with E-state index in [1.807, 2.05) is 54.5 Å². The number of fused-ring (bicyclic) bond motifs is 1. The van der Waals surface area contributed by atoms with Crippen LogP contribution in [0.4, 0.5) is 0 Å². The Balaban J connectivity index is 1.35. The van der Waals surface area contributed by atoms with Crippen molar-refractivity contribution < 1.29 is 14.0 Å². The van der Waals surface area contributed by atoms with E-state index in [1.165, 1.54) is 5.56 Å². The van der Waals surface area contributed by atoms with Crippen molar-refractivity contribution in [2.24, 2.45) is 0 Å². The molecule has 0 aliphatic carbocycles. The lowest BCUT2D eigenvalue weighted by atomic mass is 9.90. The second-order valence-corrected chi connectivity index (χ2v) is 4.81. The second kappa shape index (κ2) is 7.00. The fourth-order valence-electron chi connectivity index (χ4n) is 2.12. The van der Waals surface area contributed by atoms with Gasteiger partial charge in [0.15, 0.2) is 0 Å². The summed E-state index contributed by atoms with van der Waals surface area (Å²) in [5.74, 6) is 3.52. The highest BCUT2D eigenvalue weighted by Gasteiger charge is 2.28. The van der Waals surface area contributed by atoms with Gasteiger partial charge >= 0.3 is 7.12 Å². The van der Waals surface area contributed by atoms with Gasteiger partial charge in [0.2, 0.25) is 0 Å². The first-order chi connectivity index (χ1) is 10.4. The largest absolute Gasteiger partial charge is 0.624 e. The molecule has 0 bridgehead atoms. The molecule has 2 aromatic carbocycles. The molecule has 0 unspecified atom stereocenters. The minimum Gasteiger partial charge on any atom is -0.520 e. The summed E-state index contributed by atoms with van der Waals surface area (Å²) < 4.78 is 16.9. The molecule has 0 N–H and O–H groups in total. The summed E-state index contributed by atoms with van der Waals surface area (Å²) in [5.41, 5.74) is 1.19. The Morgan fingerprint density at radius 2 is 1.57 bits per heavy atom. The molecule has 3 rings (SSSR count). The molecule has 0 aromatic heterocycles. The van der Waals surface area contributed by atoms with Crippen molar-refractivity contribution in [3.63, 3.8) is 0 Å². The first-order valence-electron chi connectivity index (χ1n) is 7.12. The van der Waals surface area contributed by atoms with Gasteiger partial charge in [0.05, 0.1) is 13.2 Å². The van der Waals surface area contributed by atoms with Crippen molar-refractivity contribution in [2.45, 2.75) is 13.0 Å². The normalized spacial score (nSPS) is 13.0. The van der Waals surface area contributed by atoms with Crippen LogP contribution in [0.5, 0.6) is 11.5 Å². The summed E-state index contributed by atoms with van der Waals surface area (Å²) in [6, 6.07) is 17.9. The monoisotopic (exact) mass is 280 g/mol. The van der Waals surface area contributed by atoms with E-state index in [-0.39, 0.29) is 7.12 Å². The maximum Gasteiger partial charge on any atom is 0.624 e. The molecular weight excluding hydrogens is 263 g/mol. The van der Waals surface area contributed by atoms with Gasteiger partial charge in [0.25, 0.3) is 0 Å². The van der Waals surface area contributed by atoms with Crippen LogP contribution >= 0.6 is 0 Å². The zero-order valence-corrected chi connectivity index (χ0v) is 11.8. The van der Waals surface area contributed by atoms with Gasteiger partial charge < -0.3 is 14.0 Å². The lowest BCUT2D eigenvalue weighted by Gasteiger charge is -2.02. The van der Waals surface area contributed by atoms with Gasteiger partial charge in [-0.2, -0.15) is 0 Å². The molecule has 1 aliphatic heterocycles. The van der Waals surface area contributed by atoms with Gasteiger partial charge in [0, 0.05) is 0 Å². The average Bonchev–Trinajstić information content (AvgIpc) is 2.94. The third kappa shape index (κ3) is 3.89.